The molecule has 3 heterocycles. The van der Waals surface area contributed by atoms with Crippen molar-refractivity contribution in [1.29, 1.82) is 0 Å². The van der Waals surface area contributed by atoms with Gasteiger partial charge in [-0.2, -0.15) is 0 Å². The maximum atomic E-state index is 13.1. The van der Waals surface area contributed by atoms with Gasteiger partial charge in [0.15, 0.2) is 0 Å². The first kappa shape index (κ1) is 21.1. The summed E-state index contributed by atoms with van der Waals surface area (Å²) in [6.45, 7) is 2.13. The molecule has 3 fully saturated rings. The van der Waals surface area contributed by atoms with Gasteiger partial charge in [0, 0.05) is 36.8 Å². The number of aromatic amines is 1. The summed E-state index contributed by atoms with van der Waals surface area (Å²) in [5.74, 6) is 1.82. The monoisotopic (exact) mass is 459 g/mol. The highest BCUT2D eigenvalue weighted by Gasteiger charge is 2.35. The molecule has 1 saturated heterocycles. The Labute approximate surface area is 198 Å². The zero-order valence-electron chi connectivity index (χ0n) is 19.1. The molecule has 2 aromatic heterocycles. The lowest BCUT2D eigenvalue weighted by Gasteiger charge is -2.32. The molecule has 2 saturated carbocycles. The highest BCUT2D eigenvalue weighted by molar-refractivity contribution is 6.07. The number of H-pyrrole nitrogens is 1. The van der Waals surface area contributed by atoms with E-state index >= 15 is 0 Å². The number of para-hydroxylation sites is 1. The number of hydrogen-bond donors (Lipinski definition) is 2. The molecule has 8 nitrogen and oxygen atoms in total. The number of fused-ring (bicyclic) bond motifs is 1. The van der Waals surface area contributed by atoms with E-state index in [1.165, 1.54) is 19.2 Å². The smallest absolute Gasteiger partial charge is 0.255 e. The molecule has 6 rings (SSSR count). The van der Waals surface area contributed by atoms with Crippen molar-refractivity contribution in [3.8, 4) is 17.0 Å². The van der Waals surface area contributed by atoms with Gasteiger partial charge in [0.1, 0.15) is 23.3 Å². The van der Waals surface area contributed by atoms with Crippen LogP contribution in [0, 0.1) is 11.8 Å². The van der Waals surface area contributed by atoms with Crippen molar-refractivity contribution in [2.75, 3.05) is 19.7 Å². The van der Waals surface area contributed by atoms with Crippen LogP contribution in [0.2, 0.25) is 0 Å². The number of rotatable bonds is 7. The van der Waals surface area contributed by atoms with Gasteiger partial charge in [0.05, 0.1) is 17.7 Å². The number of likely N-dealkylation sites (tertiary alicyclic amines) is 1. The molecule has 1 aromatic carbocycles. The Balaban J connectivity index is 1.18. The Kier molecular flexibility index (Phi) is 5.43. The number of benzene rings is 1. The van der Waals surface area contributed by atoms with Crippen LogP contribution in [0.5, 0.6) is 5.75 Å². The predicted octanol–water partition coefficient (Wildman–Crippen LogP) is 3.54. The third kappa shape index (κ3) is 4.24. The number of amides is 2. The minimum atomic E-state index is -0.152. The fourth-order valence-corrected chi connectivity index (χ4v) is 4.69. The number of ether oxygens (including phenoxy) is 1. The van der Waals surface area contributed by atoms with Crippen molar-refractivity contribution >= 4 is 22.8 Å². The summed E-state index contributed by atoms with van der Waals surface area (Å²) >= 11 is 0. The molecule has 2 amide bonds. The van der Waals surface area contributed by atoms with Gasteiger partial charge in [0.2, 0.25) is 5.91 Å². The SMILES string of the molecule is O=C(NC1CCN(C(=O)C2CC2)CC1)c1c[nH]c2c(-c3ccccc3OCC3CC3)ncnc12. The third-order valence-electron chi connectivity index (χ3n) is 7.09. The van der Waals surface area contributed by atoms with Crippen LogP contribution in [0.1, 0.15) is 48.9 Å². The highest BCUT2D eigenvalue weighted by Crippen LogP contribution is 2.36. The van der Waals surface area contributed by atoms with Crippen LogP contribution in [-0.2, 0) is 4.79 Å². The van der Waals surface area contributed by atoms with Crippen molar-refractivity contribution in [3.05, 3.63) is 42.4 Å². The van der Waals surface area contributed by atoms with E-state index in [0.717, 1.165) is 48.2 Å². The van der Waals surface area contributed by atoms with Crippen molar-refractivity contribution in [3.63, 3.8) is 0 Å². The Morgan fingerprint density at radius 1 is 1.06 bits per heavy atom. The van der Waals surface area contributed by atoms with Crippen molar-refractivity contribution < 1.29 is 14.3 Å². The first-order valence-electron chi connectivity index (χ1n) is 12.3. The number of nitrogens with zero attached hydrogens (tertiary/aromatic N) is 3. The lowest BCUT2D eigenvalue weighted by Crippen LogP contribution is -2.47. The van der Waals surface area contributed by atoms with Crippen molar-refractivity contribution in [2.45, 2.75) is 44.6 Å². The second kappa shape index (κ2) is 8.74. The molecule has 0 atom stereocenters. The summed E-state index contributed by atoms with van der Waals surface area (Å²) in [5.41, 5.74) is 3.44. The first-order chi connectivity index (χ1) is 16.7. The topological polar surface area (TPSA) is 100 Å². The van der Waals surface area contributed by atoms with E-state index in [2.05, 4.69) is 20.3 Å². The minimum Gasteiger partial charge on any atom is -0.493 e. The summed E-state index contributed by atoms with van der Waals surface area (Å²) in [5, 5.41) is 3.15. The second-order valence-electron chi connectivity index (χ2n) is 9.75. The molecule has 2 N–H and O–H groups in total. The normalized spacial score (nSPS) is 18.8. The Morgan fingerprint density at radius 3 is 2.62 bits per heavy atom. The number of piperidine rings is 1. The van der Waals surface area contributed by atoms with Gasteiger partial charge in [-0.05, 0) is 56.6 Å². The van der Waals surface area contributed by atoms with Crippen LogP contribution in [0.3, 0.4) is 0 Å². The maximum absolute atomic E-state index is 13.1. The largest absolute Gasteiger partial charge is 0.493 e. The van der Waals surface area contributed by atoms with E-state index in [4.69, 9.17) is 4.74 Å². The van der Waals surface area contributed by atoms with Gasteiger partial charge in [-0.3, -0.25) is 9.59 Å². The molecule has 0 bridgehead atoms. The van der Waals surface area contributed by atoms with Crippen LogP contribution >= 0.6 is 0 Å². The molecule has 0 unspecified atom stereocenters. The second-order valence-corrected chi connectivity index (χ2v) is 9.75. The van der Waals surface area contributed by atoms with Gasteiger partial charge in [-0.25, -0.2) is 9.97 Å². The van der Waals surface area contributed by atoms with E-state index in [9.17, 15) is 9.59 Å². The number of nitrogens with one attached hydrogen (secondary N) is 2. The zero-order chi connectivity index (χ0) is 23.1. The molecule has 0 spiro atoms. The van der Waals surface area contributed by atoms with Gasteiger partial charge < -0.3 is 19.9 Å². The Bertz CT molecular complexity index is 1220. The number of hydrogen-bond acceptors (Lipinski definition) is 5. The molecule has 8 heteroatoms. The fourth-order valence-electron chi connectivity index (χ4n) is 4.69. The summed E-state index contributed by atoms with van der Waals surface area (Å²) in [6.07, 6.45) is 9.26. The molecule has 1 aliphatic heterocycles. The molecule has 0 radical (unpaired) electrons. The first-order valence-corrected chi connectivity index (χ1v) is 12.3. The zero-order valence-corrected chi connectivity index (χ0v) is 19.1. The van der Waals surface area contributed by atoms with E-state index in [-0.39, 0.29) is 23.8 Å². The van der Waals surface area contributed by atoms with Crippen LogP contribution in [0.25, 0.3) is 22.3 Å². The van der Waals surface area contributed by atoms with Crippen molar-refractivity contribution in [1.82, 2.24) is 25.2 Å². The van der Waals surface area contributed by atoms with Crippen LogP contribution in [-0.4, -0.2) is 57.4 Å². The van der Waals surface area contributed by atoms with Gasteiger partial charge in [-0.15, -0.1) is 0 Å². The number of carbonyl (C=O) groups is 2. The van der Waals surface area contributed by atoms with Gasteiger partial charge in [0.25, 0.3) is 5.91 Å². The summed E-state index contributed by atoms with van der Waals surface area (Å²) in [4.78, 5) is 39.5. The molecular weight excluding hydrogens is 430 g/mol. The number of aromatic nitrogens is 3. The Morgan fingerprint density at radius 2 is 1.85 bits per heavy atom. The quantitative estimate of drug-likeness (QED) is 0.563. The lowest BCUT2D eigenvalue weighted by atomic mass is 10.0. The van der Waals surface area contributed by atoms with Gasteiger partial charge >= 0.3 is 0 Å². The molecular formula is C26H29N5O3. The Hall–Kier alpha value is -3.42. The maximum Gasteiger partial charge on any atom is 0.255 e. The van der Waals surface area contributed by atoms with Crippen LogP contribution in [0.15, 0.2) is 36.8 Å². The van der Waals surface area contributed by atoms with E-state index < -0.39 is 0 Å². The van der Waals surface area contributed by atoms with Crippen molar-refractivity contribution in [2.24, 2.45) is 11.8 Å². The van der Waals surface area contributed by atoms with Crippen LogP contribution < -0.4 is 10.1 Å². The fraction of sp³-hybridized carbons (Fsp3) is 0.462. The number of carbonyl (C=O) groups excluding carboxylic acids is 2. The van der Waals surface area contributed by atoms with E-state index in [1.54, 1.807) is 6.20 Å². The lowest BCUT2D eigenvalue weighted by molar-refractivity contribution is -0.133. The van der Waals surface area contributed by atoms with Crippen LogP contribution in [0.4, 0.5) is 0 Å². The standard InChI is InChI=1S/C26H29N5O3/c32-25(30-18-9-11-31(12-10-18)26(33)17-7-8-17)20-13-27-24-22(28-15-29-23(20)24)19-3-1-2-4-21(19)34-14-16-5-6-16/h1-4,13,15-18,27H,5-12,14H2,(H,30,32). The van der Waals surface area contributed by atoms with E-state index in [0.29, 0.717) is 36.7 Å². The summed E-state index contributed by atoms with van der Waals surface area (Å²) < 4.78 is 6.08. The highest BCUT2D eigenvalue weighted by atomic mass is 16.5. The molecule has 176 valence electrons. The molecule has 3 aliphatic rings. The molecule has 3 aromatic rings. The molecule has 34 heavy (non-hydrogen) atoms. The minimum absolute atomic E-state index is 0.0542. The third-order valence-corrected chi connectivity index (χ3v) is 7.09. The summed E-state index contributed by atoms with van der Waals surface area (Å²) in [7, 11) is 0. The molecule has 2 aliphatic carbocycles. The summed E-state index contributed by atoms with van der Waals surface area (Å²) in [6, 6.07) is 7.92. The van der Waals surface area contributed by atoms with Gasteiger partial charge in [-0.1, -0.05) is 12.1 Å². The average Bonchev–Trinajstić information content (AvgIpc) is 3.80. The predicted molar refractivity (Wildman–Crippen MR) is 127 cm³/mol. The van der Waals surface area contributed by atoms with E-state index in [1.807, 2.05) is 29.2 Å². The average molecular weight is 460 g/mol.